The molecule has 2 aromatic rings. The average Bonchev–Trinajstić information content (AvgIpc) is 2.87. The van der Waals surface area contributed by atoms with Crippen LogP contribution in [0.3, 0.4) is 0 Å². The van der Waals surface area contributed by atoms with Gasteiger partial charge in [-0.05, 0) is 40.0 Å². The molecule has 1 atom stereocenters. The van der Waals surface area contributed by atoms with Crippen LogP contribution in [0.15, 0.2) is 22.9 Å². The van der Waals surface area contributed by atoms with Crippen LogP contribution < -0.4 is 10.6 Å². The van der Waals surface area contributed by atoms with E-state index in [1.54, 1.807) is 6.20 Å². The number of anilines is 1. The number of nitrogens with zero attached hydrogens (tertiary/aromatic N) is 3. The molecule has 2 N–H and O–H groups in total. The van der Waals surface area contributed by atoms with Gasteiger partial charge in [0.2, 0.25) is 0 Å². The molecule has 0 amide bonds. The molecule has 0 bridgehead atoms. The average molecular weight is 312 g/mol. The van der Waals surface area contributed by atoms with Gasteiger partial charge in [-0.25, -0.2) is 4.98 Å². The number of rotatable bonds is 6. The van der Waals surface area contributed by atoms with Gasteiger partial charge in [0.1, 0.15) is 5.82 Å². The van der Waals surface area contributed by atoms with Crippen molar-refractivity contribution in [2.24, 2.45) is 0 Å². The molecule has 6 nitrogen and oxygen atoms in total. The zero-order valence-electron chi connectivity index (χ0n) is 12.8. The fraction of sp³-hybridized carbons (Fsp3) is 0.500. The van der Waals surface area contributed by atoms with E-state index in [1.165, 1.54) is 0 Å². The van der Waals surface area contributed by atoms with Crippen molar-refractivity contribution in [3.63, 3.8) is 0 Å². The molecule has 0 aliphatic rings. The van der Waals surface area contributed by atoms with Gasteiger partial charge in [-0.15, -0.1) is 12.4 Å². The maximum Gasteiger partial charge on any atom is 0.261 e. The van der Waals surface area contributed by atoms with E-state index in [1.807, 2.05) is 19.2 Å². The van der Waals surface area contributed by atoms with Crippen LogP contribution in [0.4, 0.5) is 5.82 Å². The van der Waals surface area contributed by atoms with Crippen molar-refractivity contribution in [1.82, 2.24) is 20.4 Å². The number of hydrogen-bond donors (Lipinski definition) is 2. The van der Waals surface area contributed by atoms with E-state index in [0.29, 0.717) is 17.8 Å². The highest BCUT2D eigenvalue weighted by molar-refractivity contribution is 5.85. The first kappa shape index (κ1) is 17.4. The summed E-state index contributed by atoms with van der Waals surface area (Å²) in [5.41, 5.74) is 0.831. The Morgan fingerprint density at radius 1 is 1.29 bits per heavy atom. The lowest BCUT2D eigenvalue weighted by molar-refractivity contribution is 0.418. The molecule has 21 heavy (non-hydrogen) atoms. The lowest BCUT2D eigenvalue weighted by Gasteiger charge is -2.10. The van der Waals surface area contributed by atoms with E-state index >= 15 is 0 Å². The van der Waals surface area contributed by atoms with Crippen molar-refractivity contribution in [1.29, 1.82) is 0 Å². The minimum Gasteiger partial charge on any atom is -0.367 e. The molecule has 0 saturated heterocycles. The van der Waals surface area contributed by atoms with Crippen LogP contribution in [0.5, 0.6) is 0 Å². The highest BCUT2D eigenvalue weighted by Gasteiger charge is 2.15. The Kier molecular flexibility index (Phi) is 6.58. The second-order valence-corrected chi connectivity index (χ2v) is 5.11. The molecule has 0 aliphatic carbocycles. The predicted octanol–water partition coefficient (Wildman–Crippen LogP) is 2.52. The highest BCUT2D eigenvalue weighted by atomic mass is 35.5. The van der Waals surface area contributed by atoms with Crippen molar-refractivity contribution < 1.29 is 4.52 Å². The lowest BCUT2D eigenvalue weighted by Crippen LogP contribution is -2.24. The summed E-state index contributed by atoms with van der Waals surface area (Å²) in [6, 6.07) is 4.38. The van der Waals surface area contributed by atoms with Gasteiger partial charge < -0.3 is 15.2 Å². The molecule has 2 aromatic heterocycles. The second-order valence-electron chi connectivity index (χ2n) is 5.11. The number of pyridine rings is 1. The van der Waals surface area contributed by atoms with E-state index in [4.69, 9.17) is 4.52 Å². The molecule has 2 heterocycles. The van der Waals surface area contributed by atoms with Gasteiger partial charge in [-0.3, -0.25) is 0 Å². The summed E-state index contributed by atoms with van der Waals surface area (Å²) in [7, 11) is 1.91. The Morgan fingerprint density at radius 2 is 2.05 bits per heavy atom. The summed E-state index contributed by atoms with van der Waals surface area (Å²) in [6.07, 6.45) is 2.47. The third-order valence-electron chi connectivity index (χ3n) is 2.91. The van der Waals surface area contributed by atoms with Crippen LogP contribution in [-0.2, 0) is 6.42 Å². The van der Waals surface area contributed by atoms with Gasteiger partial charge in [0.25, 0.3) is 5.89 Å². The van der Waals surface area contributed by atoms with Gasteiger partial charge in [-0.2, -0.15) is 4.98 Å². The molecule has 0 aliphatic heterocycles. The quantitative estimate of drug-likeness (QED) is 0.854. The first-order valence-electron chi connectivity index (χ1n) is 6.82. The molecular formula is C14H22ClN5O. The SMILES string of the molecule is CNC(C)Cc1noc(-c2cccnc2NC(C)C)n1.Cl. The van der Waals surface area contributed by atoms with Gasteiger partial charge in [0.05, 0.1) is 5.56 Å². The van der Waals surface area contributed by atoms with Crippen molar-refractivity contribution in [3.05, 3.63) is 24.2 Å². The summed E-state index contributed by atoms with van der Waals surface area (Å²) >= 11 is 0. The summed E-state index contributed by atoms with van der Waals surface area (Å²) in [4.78, 5) is 8.77. The molecular weight excluding hydrogens is 290 g/mol. The minimum absolute atomic E-state index is 0. The van der Waals surface area contributed by atoms with Crippen LogP contribution in [-0.4, -0.2) is 34.3 Å². The predicted molar refractivity (Wildman–Crippen MR) is 85.8 cm³/mol. The van der Waals surface area contributed by atoms with Crippen LogP contribution in [0.25, 0.3) is 11.5 Å². The Hall–Kier alpha value is -1.66. The van der Waals surface area contributed by atoms with E-state index in [-0.39, 0.29) is 18.4 Å². The van der Waals surface area contributed by atoms with E-state index in [9.17, 15) is 0 Å². The Labute approximate surface area is 131 Å². The number of aromatic nitrogens is 3. The third-order valence-corrected chi connectivity index (χ3v) is 2.91. The molecule has 2 rings (SSSR count). The summed E-state index contributed by atoms with van der Waals surface area (Å²) in [5.74, 6) is 1.96. The van der Waals surface area contributed by atoms with Crippen LogP contribution >= 0.6 is 12.4 Å². The summed E-state index contributed by atoms with van der Waals surface area (Å²) < 4.78 is 5.35. The number of hydrogen-bond acceptors (Lipinski definition) is 6. The number of halogens is 1. The van der Waals surface area contributed by atoms with Crippen molar-refractivity contribution >= 4 is 18.2 Å². The highest BCUT2D eigenvalue weighted by Crippen LogP contribution is 2.24. The zero-order valence-corrected chi connectivity index (χ0v) is 13.6. The van der Waals surface area contributed by atoms with Crippen molar-refractivity contribution in [2.45, 2.75) is 39.3 Å². The molecule has 0 radical (unpaired) electrons. The Bertz CT molecular complexity index is 558. The van der Waals surface area contributed by atoms with E-state index in [2.05, 4.69) is 46.5 Å². The fourth-order valence-electron chi connectivity index (χ4n) is 1.79. The molecule has 116 valence electrons. The Morgan fingerprint density at radius 3 is 2.71 bits per heavy atom. The third kappa shape index (κ3) is 4.68. The smallest absolute Gasteiger partial charge is 0.261 e. The normalized spacial score (nSPS) is 12.0. The van der Waals surface area contributed by atoms with Crippen molar-refractivity contribution in [3.8, 4) is 11.5 Å². The monoisotopic (exact) mass is 311 g/mol. The van der Waals surface area contributed by atoms with Crippen LogP contribution in [0.2, 0.25) is 0 Å². The molecule has 0 fully saturated rings. The van der Waals surface area contributed by atoms with Gasteiger partial charge >= 0.3 is 0 Å². The van der Waals surface area contributed by atoms with Crippen LogP contribution in [0.1, 0.15) is 26.6 Å². The van der Waals surface area contributed by atoms with Gasteiger partial charge in [-0.1, -0.05) is 5.16 Å². The minimum atomic E-state index is 0. The summed E-state index contributed by atoms with van der Waals surface area (Å²) in [5, 5.41) is 10.5. The standard InChI is InChI=1S/C14H21N5O.ClH/c1-9(2)17-13-11(6-5-7-16-13)14-18-12(19-20-14)8-10(3)15-4;/h5-7,9-10,15H,8H2,1-4H3,(H,16,17);1H. The van der Waals surface area contributed by atoms with E-state index < -0.39 is 0 Å². The first-order chi connectivity index (χ1) is 9.60. The zero-order chi connectivity index (χ0) is 14.5. The largest absolute Gasteiger partial charge is 0.367 e. The summed E-state index contributed by atoms with van der Waals surface area (Å²) in [6.45, 7) is 6.20. The topological polar surface area (TPSA) is 75.9 Å². The van der Waals surface area contributed by atoms with E-state index in [0.717, 1.165) is 17.8 Å². The Balaban J connectivity index is 0.00000220. The first-order valence-corrected chi connectivity index (χ1v) is 6.82. The maximum absolute atomic E-state index is 5.35. The van der Waals surface area contributed by atoms with Gasteiger partial charge in [0, 0.05) is 24.7 Å². The molecule has 0 spiro atoms. The molecule has 7 heteroatoms. The maximum atomic E-state index is 5.35. The lowest BCUT2D eigenvalue weighted by atomic mass is 10.2. The fourth-order valence-corrected chi connectivity index (χ4v) is 1.79. The molecule has 0 aromatic carbocycles. The molecule has 0 saturated carbocycles. The second kappa shape index (κ2) is 7.95. The van der Waals surface area contributed by atoms with Crippen molar-refractivity contribution in [2.75, 3.05) is 12.4 Å². The van der Waals surface area contributed by atoms with Crippen LogP contribution in [0, 0.1) is 0 Å². The van der Waals surface area contributed by atoms with Gasteiger partial charge in [0.15, 0.2) is 5.82 Å². The number of nitrogens with one attached hydrogen (secondary N) is 2. The number of likely N-dealkylation sites (N-methyl/N-ethyl adjacent to an activating group) is 1. The molecule has 1 unspecified atom stereocenters.